The summed E-state index contributed by atoms with van der Waals surface area (Å²) < 4.78 is 1.84. The SMILES string of the molecule is Cc1nn(C)c(C)c1CCC(=O)NCC1(O)CCNC1. The van der Waals surface area contributed by atoms with Crippen molar-refractivity contribution in [2.75, 3.05) is 19.6 Å². The molecule has 2 rings (SSSR count). The number of rotatable bonds is 5. The fourth-order valence-electron chi connectivity index (χ4n) is 2.65. The van der Waals surface area contributed by atoms with E-state index in [9.17, 15) is 9.90 Å². The Morgan fingerprint density at radius 1 is 1.55 bits per heavy atom. The normalized spacial score (nSPS) is 22.2. The Bertz CT molecular complexity index is 490. The number of aryl methyl sites for hydroxylation is 2. The van der Waals surface area contributed by atoms with Gasteiger partial charge < -0.3 is 15.7 Å². The third-order valence-electron chi connectivity index (χ3n) is 4.10. The molecular formula is C14H24N4O2. The van der Waals surface area contributed by atoms with Crippen molar-refractivity contribution in [3.05, 3.63) is 17.0 Å². The predicted molar refractivity (Wildman–Crippen MR) is 76.4 cm³/mol. The van der Waals surface area contributed by atoms with E-state index in [0.29, 0.717) is 32.4 Å². The van der Waals surface area contributed by atoms with Gasteiger partial charge in [0, 0.05) is 32.3 Å². The van der Waals surface area contributed by atoms with Crippen molar-refractivity contribution in [1.29, 1.82) is 0 Å². The van der Waals surface area contributed by atoms with Gasteiger partial charge in [-0.05, 0) is 38.8 Å². The first-order valence-corrected chi connectivity index (χ1v) is 7.10. The zero-order valence-electron chi connectivity index (χ0n) is 12.5. The van der Waals surface area contributed by atoms with Crippen molar-refractivity contribution in [1.82, 2.24) is 20.4 Å². The highest BCUT2D eigenvalue weighted by Gasteiger charge is 2.31. The lowest BCUT2D eigenvalue weighted by atomic mass is 10.0. The molecule has 1 aliphatic rings. The molecule has 1 amide bonds. The van der Waals surface area contributed by atoms with Crippen LogP contribution in [0.25, 0.3) is 0 Å². The van der Waals surface area contributed by atoms with Gasteiger partial charge in [-0.2, -0.15) is 5.10 Å². The maximum absolute atomic E-state index is 11.9. The summed E-state index contributed by atoms with van der Waals surface area (Å²) in [7, 11) is 1.91. The third kappa shape index (κ3) is 3.37. The Balaban J connectivity index is 1.80. The molecule has 2 heterocycles. The Hall–Kier alpha value is -1.40. The van der Waals surface area contributed by atoms with Gasteiger partial charge in [-0.1, -0.05) is 0 Å². The second-order valence-electron chi connectivity index (χ2n) is 5.70. The quantitative estimate of drug-likeness (QED) is 0.698. The number of amides is 1. The van der Waals surface area contributed by atoms with Crippen LogP contribution in [0.4, 0.5) is 0 Å². The Kier molecular flexibility index (Phi) is 4.45. The molecule has 1 aromatic heterocycles. The average molecular weight is 280 g/mol. The molecule has 1 aromatic rings. The molecule has 0 radical (unpaired) electrons. The number of hydrogen-bond donors (Lipinski definition) is 3. The second-order valence-corrected chi connectivity index (χ2v) is 5.70. The standard InChI is InChI=1S/C14H24N4O2/c1-10-12(11(2)18(3)17-10)4-5-13(19)16-9-14(20)6-7-15-8-14/h15,20H,4-9H2,1-3H3,(H,16,19). The van der Waals surface area contributed by atoms with Gasteiger partial charge in [0.05, 0.1) is 11.3 Å². The summed E-state index contributed by atoms with van der Waals surface area (Å²) in [6, 6.07) is 0. The van der Waals surface area contributed by atoms with E-state index in [0.717, 1.165) is 23.5 Å². The smallest absolute Gasteiger partial charge is 0.220 e. The molecule has 1 fully saturated rings. The number of aliphatic hydroxyl groups is 1. The molecule has 3 N–H and O–H groups in total. The van der Waals surface area contributed by atoms with E-state index in [1.165, 1.54) is 0 Å². The summed E-state index contributed by atoms with van der Waals surface area (Å²) >= 11 is 0. The maximum atomic E-state index is 11.9. The van der Waals surface area contributed by atoms with Crippen LogP contribution in [-0.4, -0.2) is 46.0 Å². The molecule has 6 nitrogen and oxygen atoms in total. The topological polar surface area (TPSA) is 79.2 Å². The van der Waals surface area contributed by atoms with Crippen molar-refractivity contribution in [2.24, 2.45) is 7.05 Å². The van der Waals surface area contributed by atoms with Crippen LogP contribution in [0.1, 0.15) is 29.8 Å². The summed E-state index contributed by atoms with van der Waals surface area (Å²) in [5.41, 5.74) is 2.45. The summed E-state index contributed by atoms with van der Waals surface area (Å²) in [5, 5.41) is 20.4. The number of β-amino-alcohol motifs (C(OH)–C–C–N with tert-alkyl or cyclic N) is 1. The van der Waals surface area contributed by atoms with Crippen LogP contribution in [0.5, 0.6) is 0 Å². The van der Waals surface area contributed by atoms with Gasteiger partial charge in [0.2, 0.25) is 5.91 Å². The van der Waals surface area contributed by atoms with Crippen molar-refractivity contribution in [3.63, 3.8) is 0 Å². The van der Waals surface area contributed by atoms with E-state index in [4.69, 9.17) is 0 Å². The monoisotopic (exact) mass is 280 g/mol. The molecule has 0 aliphatic carbocycles. The van der Waals surface area contributed by atoms with Crippen molar-refractivity contribution >= 4 is 5.91 Å². The molecule has 1 atom stereocenters. The Morgan fingerprint density at radius 3 is 2.85 bits per heavy atom. The molecule has 0 spiro atoms. The van der Waals surface area contributed by atoms with E-state index < -0.39 is 5.60 Å². The second kappa shape index (κ2) is 5.93. The molecule has 20 heavy (non-hydrogen) atoms. The zero-order chi connectivity index (χ0) is 14.8. The first-order valence-electron chi connectivity index (χ1n) is 7.10. The fraction of sp³-hybridized carbons (Fsp3) is 0.714. The number of hydrogen-bond acceptors (Lipinski definition) is 4. The van der Waals surface area contributed by atoms with E-state index in [2.05, 4.69) is 15.7 Å². The average Bonchev–Trinajstić information content (AvgIpc) is 2.92. The van der Waals surface area contributed by atoms with Crippen LogP contribution in [0.3, 0.4) is 0 Å². The summed E-state index contributed by atoms with van der Waals surface area (Å²) in [6.07, 6.45) is 1.80. The van der Waals surface area contributed by atoms with E-state index in [1.54, 1.807) is 0 Å². The third-order valence-corrected chi connectivity index (χ3v) is 4.10. The van der Waals surface area contributed by atoms with Gasteiger partial charge in [0.25, 0.3) is 0 Å². The molecule has 0 aromatic carbocycles. The minimum atomic E-state index is -0.782. The molecule has 0 saturated carbocycles. The van der Waals surface area contributed by atoms with Crippen molar-refractivity contribution in [3.8, 4) is 0 Å². The van der Waals surface area contributed by atoms with Crippen LogP contribution < -0.4 is 10.6 Å². The van der Waals surface area contributed by atoms with Gasteiger partial charge in [-0.3, -0.25) is 9.48 Å². The van der Waals surface area contributed by atoms with E-state index >= 15 is 0 Å². The van der Waals surface area contributed by atoms with Crippen LogP contribution >= 0.6 is 0 Å². The molecule has 1 unspecified atom stereocenters. The van der Waals surface area contributed by atoms with Crippen LogP contribution in [0, 0.1) is 13.8 Å². The lowest BCUT2D eigenvalue weighted by Crippen LogP contribution is -2.44. The zero-order valence-corrected chi connectivity index (χ0v) is 12.5. The minimum Gasteiger partial charge on any atom is -0.387 e. The lowest BCUT2D eigenvalue weighted by molar-refractivity contribution is -0.122. The number of nitrogens with zero attached hydrogens (tertiary/aromatic N) is 2. The number of nitrogens with one attached hydrogen (secondary N) is 2. The molecule has 1 aliphatic heterocycles. The first kappa shape index (κ1) is 15.0. The molecule has 6 heteroatoms. The lowest BCUT2D eigenvalue weighted by Gasteiger charge is -2.21. The summed E-state index contributed by atoms with van der Waals surface area (Å²) in [6.45, 7) is 5.66. The number of aromatic nitrogens is 2. The minimum absolute atomic E-state index is 0.0204. The van der Waals surface area contributed by atoms with E-state index in [-0.39, 0.29) is 5.91 Å². The summed E-state index contributed by atoms with van der Waals surface area (Å²) in [5.74, 6) is -0.0204. The Morgan fingerprint density at radius 2 is 2.30 bits per heavy atom. The fourth-order valence-corrected chi connectivity index (χ4v) is 2.65. The van der Waals surface area contributed by atoms with Crippen molar-refractivity contribution in [2.45, 2.75) is 38.7 Å². The van der Waals surface area contributed by atoms with Crippen LogP contribution in [-0.2, 0) is 18.3 Å². The molecule has 1 saturated heterocycles. The number of carbonyl (C=O) groups excluding carboxylic acids is 1. The maximum Gasteiger partial charge on any atom is 0.220 e. The van der Waals surface area contributed by atoms with Crippen molar-refractivity contribution < 1.29 is 9.90 Å². The van der Waals surface area contributed by atoms with Gasteiger partial charge in [0.15, 0.2) is 0 Å². The molecule has 0 bridgehead atoms. The van der Waals surface area contributed by atoms with Gasteiger partial charge in [-0.15, -0.1) is 0 Å². The Labute approximate surface area is 119 Å². The van der Waals surface area contributed by atoms with Gasteiger partial charge in [0.1, 0.15) is 0 Å². The highest BCUT2D eigenvalue weighted by Crippen LogP contribution is 2.15. The largest absolute Gasteiger partial charge is 0.387 e. The molecular weight excluding hydrogens is 256 g/mol. The molecule has 112 valence electrons. The van der Waals surface area contributed by atoms with E-state index in [1.807, 2.05) is 25.6 Å². The van der Waals surface area contributed by atoms with Crippen LogP contribution in [0.2, 0.25) is 0 Å². The van der Waals surface area contributed by atoms with Crippen LogP contribution in [0.15, 0.2) is 0 Å². The highest BCUT2D eigenvalue weighted by atomic mass is 16.3. The predicted octanol–water partition coefficient (Wildman–Crippen LogP) is -0.190. The van der Waals surface area contributed by atoms with Gasteiger partial charge >= 0.3 is 0 Å². The number of carbonyl (C=O) groups is 1. The van der Waals surface area contributed by atoms with Gasteiger partial charge in [-0.25, -0.2) is 0 Å². The highest BCUT2D eigenvalue weighted by molar-refractivity contribution is 5.76. The summed E-state index contributed by atoms with van der Waals surface area (Å²) in [4.78, 5) is 11.9. The first-order chi connectivity index (χ1) is 9.41.